The molecule has 0 spiro atoms. The summed E-state index contributed by atoms with van der Waals surface area (Å²) in [7, 11) is 0. The van der Waals surface area contributed by atoms with E-state index >= 15 is 0 Å². The van der Waals surface area contributed by atoms with E-state index in [0.717, 1.165) is 70.7 Å². The molecule has 0 saturated carbocycles. The number of hydrogen-bond acceptors (Lipinski definition) is 18. The first kappa shape index (κ1) is 55.7. The molecule has 0 aromatic carbocycles. The lowest BCUT2D eigenvalue weighted by Crippen LogP contribution is -2.30. The van der Waals surface area contributed by atoms with Crippen LogP contribution in [-0.2, 0) is 33.6 Å². The second-order valence-corrected chi connectivity index (χ2v) is 22.4. The Hall–Kier alpha value is -8.61. The summed E-state index contributed by atoms with van der Waals surface area (Å²) in [5, 5.41) is -0.813. The molecular formula is C57H54F3N15O3S3. The van der Waals surface area contributed by atoms with Crippen LogP contribution in [-0.4, -0.2) is 117 Å². The molecule has 9 aromatic heterocycles. The van der Waals surface area contributed by atoms with Crippen molar-refractivity contribution in [3.63, 3.8) is 0 Å². The highest BCUT2D eigenvalue weighted by Gasteiger charge is 2.32. The first-order valence-corrected chi connectivity index (χ1v) is 28.4. The average Bonchev–Trinajstić information content (AvgIpc) is 4.38. The third-order valence-electron chi connectivity index (χ3n) is 13.9. The number of nitrogens with two attached hydrogens (primary N) is 3. The van der Waals surface area contributed by atoms with Crippen molar-refractivity contribution in [3.05, 3.63) is 178 Å². The number of thiophene rings is 3. The molecule has 6 N–H and O–H groups in total. The molecule has 81 heavy (non-hydrogen) atoms. The topological polar surface area (TPSA) is 255 Å². The largest absolute Gasteiger partial charge is 0.397 e. The number of likely N-dealkylation sites (tertiary alicyclic amines) is 3. The number of rotatable bonds is 12. The van der Waals surface area contributed by atoms with Gasteiger partial charge < -0.3 is 31.9 Å². The highest BCUT2D eigenvalue weighted by molar-refractivity contribution is 7.14. The highest BCUT2D eigenvalue weighted by Crippen LogP contribution is 2.33. The Morgan fingerprint density at radius 2 is 0.691 bits per heavy atom. The standard InChI is InChI=1S/3C19H18FN5OS/c3*20-17-5-4-16(27-17)14-3-2-13(21)15(24-14)10-18(26)25-9-6-12(11-25)19-22-7-1-8-23-19/h3*1-5,7-8,12H,6,9-11,21H2. The van der Waals surface area contributed by atoms with Gasteiger partial charge in [0.2, 0.25) is 17.7 Å². The smallest absolute Gasteiger partial charge is 0.228 e. The Bertz CT molecular complexity index is 3260. The fourth-order valence-electron chi connectivity index (χ4n) is 9.65. The van der Waals surface area contributed by atoms with Crippen LogP contribution >= 0.6 is 34.0 Å². The molecule has 12 rings (SSSR count). The van der Waals surface area contributed by atoms with E-state index in [2.05, 4.69) is 44.9 Å². The van der Waals surface area contributed by atoms with Crippen molar-refractivity contribution < 1.29 is 27.6 Å². The van der Waals surface area contributed by atoms with Crippen molar-refractivity contribution in [1.29, 1.82) is 0 Å². The summed E-state index contributed by atoms with van der Waals surface area (Å²) >= 11 is 3.05. The van der Waals surface area contributed by atoms with Crippen LogP contribution in [0.1, 0.15) is 71.6 Å². The number of amides is 3. The fourth-order valence-corrected chi connectivity index (χ4v) is 11.8. The van der Waals surface area contributed by atoms with Crippen molar-refractivity contribution in [2.45, 2.75) is 56.3 Å². The van der Waals surface area contributed by atoms with Crippen molar-refractivity contribution in [1.82, 2.24) is 59.6 Å². The summed E-state index contributed by atoms with van der Waals surface area (Å²) in [5.41, 5.74) is 22.9. The normalized spacial score (nSPS) is 16.6. The lowest BCUT2D eigenvalue weighted by Gasteiger charge is -2.17. The number of carbonyl (C=O) groups is 3. The van der Waals surface area contributed by atoms with Gasteiger partial charge in [0.15, 0.2) is 15.4 Å². The molecule has 0 radical (unpaired) electrons. The van der Waals surface area contributed by atoms with E-state index < -0.39 is 0 Å². The summed E-state index contributed by atoms with van der Waals surface area (Å²) in [6.07, 6.45) is 13.2. The Kier molecular flexibility index (Phi) is 17.6. The predicted octanol–water partition coefficient (Wildman–Crippen LogP) is 8.64. The first-order valence-electron chi connectivity index (χ1n) is 26.0. The zero-order valence-electron chi connectivity index (χ0n) is 43.5. The minimum atomic E-state index is -0.271. The van der Waals surface area contributed by atoms with E-state index in [0.29, 0.717) is 105 Å². The van der Waals surface area contributed by atoms with Gasteiger partial charge in [0.1, 0.15) is 17.5 Å². The molecule has 12 heterocycles. The van der Waals surface area contributed by atoms with E-state index in [1.54, 1.807) is 125 Å². The van der Waals surface area contributed by atoms with Crippen molar-refractivity contribution in [2.75, 3.05) is 56.5 Å². The number of nitrogens with zero attached hydrogens (tertiary/aromatic N) is 12. The van der Waals surface area contributed by atoms with Crippen LogP contribution in [0.25, 0.3) is 31.7 Å². The van der Waals surface area contributed by atoms with Crippen LogP contribution in [0.4, 0.5) is 30.2 Å². The van der Waals surface area contributed by atoms with E-state index in [4.69, 9.17) is 17.2 Å². The van der Waals surface area contributed by atoms with Crippen LogP contribution < -0.4 is 17.2 Å². The van der Waals surface area contributed by atoms with Gasteiger partial charge in [-0.15, -0.1) is 34.0 Å². The first-order chi connectivity index (χ1) is 39.3. The second kappa shape index (κ2) is 25.7. The van der Waals surface area contributed by atoms with Gasteiger partial charge in [-0.2, -0.15) is 13.2 Å². The van der Waals surface area contributed by atoms with Gasteiger partial charge in [-0.25, -0.2) is 44.9 Å². The van der Waals surface area contributed by atoms with Crippen LogP contribution in [0, 0.1) is 15.4 Å². The molecule has 3 atom stereocenters. The van der Waals surface area contributed by atoms with Gasteiger partial charge in [-0.05, 0) is 110 Å². The van der Waals surface area contributed by atoms with Crippen LogP contribution in [0.3, 0.4) is 0 Å². The third kappa shape index (κ3) is 14.1. The molecule has 3 saturated heterocycles. The maximum absolute atomic E-state index is 13.3. The van der Waals surface area contributed by atoms with Gasteiger partial charge in [0, 0.05) is 94.2 Å². The molecule has 3 unspecified atom stereocenters. The van der Waals surface area contributed by atoms with Crippen LogP contribution in [0.5, 0.6) is 0 Å². The molecular weight excluding hydrogens is 1100 g/mol. The van der Waals surface area contributed by atoms with Crippen molar-refractivity contribution >= 4 is 68.8 Å². The van der Waals surface area contributed by atoms with E-state index in [1.807, 2.05) is 0 Å². The summed E-state index contributed by atoms with van der Waals surface area (Å²) in [4.78, 5) is 84.9. The predicted molar refractivity (Wildman–Crippen MR) is 305 cm³/mol. The number of aromatic nitrogens is 9. The molecule has 414 valence electrons. The number of halogens is 3. The quantitative estimate of drug-likeness (QED) is 0.103. The van der Waals surface area contributed by atoms with Gasteiger partial charge in [0.25, 0.3) is 0 Å². The molecule has 0 bridgehead atoms. The maximum atomic E-state index is 13.3. The molecule has 0 aliphatic carbocycles. The zero-order chi connectivity index (χ0) is 56.4. The number of hydrogen-bond donors (Lipinski definition) is 3. The Labute approximate surface area is 476 Å². The number of pyridine rings is 3. The molecule has 24 heteroatoms. The van der Waals surface area contributed by atoms with E-state index in [1.165, 1.54) is 18.2 Å². The molecule has 3 aliphatic rings. The van der Waals surface area contributed by atoms with Crippen molar-refractivity contribution in [2.24, 2.45) is 0 Å². The number of anilines is 3. The maximum Gasteiger partial charge on any atom is 0.228 e. The monoisotopic (exact) mass is 1150 g/mol. The van der Waals surface area contributed by atoms with Crippen LogP contribution in [0.15, 0.2) is 128 Å². The third-order valence-corrected chi connectivity index (χ3v) is 16.6. The minimum Gasteiger partial charge on any atom is -0.397 e. The Balaban J connectivity index is 0.000000136. The van der Waals surface area contributed by atoms with Crippen molar-refractivity contribution in [3.8, 4) is 31.7 Å². The summed E-state index contributed by atoms with van der Waals surface area (Å²) in [5.74, 6) is 2.69. The van der Waals surface area contributed by atoms with Gasteiger partial charge in [0.05, 0.1) is 85.1 Å². The van der Waals surface area contributed by atoms with E-state index in [9.17, 15) is 27.6 Å². The lowest BCUT2D eigenvalue weighted by atomic mass is 10.1. The Morgan fingerprint density at radius 3 is 0.938 bits per heavy atom. The fraction of sp³-hybridized carbons (Fsp3) is 0.263. The minimum absolute atomic E-state index is 0.0258. The van der Waals surface area contributed by atoms with Gasteiger partial charge >= 0.3 is 0 Å². The van der Waals surface area contributed by atoms with Crippen LogP contribution in [0.2, 0.25) is 0 Å². The summed E-state index contributed by atoms with van der Waals surface area (Å²) in [6, 6.07) is 24.9. The SMILES string of the molecule is Nc1ccc(-c2ccc(F)s2)nc1CC(=O)N1CCC(c2ncccn2)C1.Nc1ccc(-c2ccc(F)s2)nc1CC(=O)N1CCC(c2ncccn2)C1.Nc1ccc(-c2ccc(F)s2)nc1CC(=O)N1CCC(c2ncccn2)C1. The second-order valence-electron chi connectivity index (χ2n) is 19.3. The molecule has 3 aliphatic heterocycles. The van der Waals surface area contributed by atoms with Gasteiger partial charge in [-0.1, -0.05) is 0 Å². The number of carbonyl (C=O) groups excluding carboxylic acids is 3. The molecule has 18 nitrogen and oxygen atoms in total. The Morgan fingerprint density at radius 1 is 0.420 bits per heavy atom. The zero-order valence-corrected chi connectivity index (χ0v) is 46.0. The molecule has 9 aromatic rings. The van der Waals surface area contributed by atoms with E-state index in [-0.39, 0.29) is 70.1 Å². The summed E-state index contributed by atoms with van der Waals surface area (Å²) in [6.45, 7) is 3.78. The summed E-state index contributed by atoms with van der Waals surface area (Å²) < 4.78 is 39.8. The van der Waals surface area contributed by atoms with Gasteiger partial charge in [-0.3, -0.25) is 14.4 Å². The molecule has 3 fully saturated rings. The molecule has 3 amide bonds. The average molecular weight is 1150 g/mol. The number of nitrogen functional groups attached to an aromatic ring is 3. The lowest BCUT2D eigenvalue weighted by molar-refractivity contribution is -0.130. The highest BCUT2D eigenvalue weighted by atomic mass is 32.1.